The van der Waals surface area contributed by atoms with E-state index in [0.717, 1.165) is 12.5 Å². The summed E-state index contributed by atoms with van der Waals surface area (Å²) in [5, 5.41) is 3.30. The smallest absolute Gasteiger partial charge is 0.248 e. The summed E-state index contributed by atoms with van der Waals surface area (Å²) >= 11 is 0. The first kappa shape index (κ1) is 11.5. The van der Waals surface area contributed by atoms with Gasteiger partial charge >= 0.3 is 0 Å². The fraction of sp³-hybridized carbons (Fsp3) is 0.538. The fourth-order valence-electron chi connectivity index (χ4n) is 2.32. The summed E-state index contributed by atoms with van der Waals surface area (Å²) in [5.41, 5.74) is 1.11. The second-order valence-electron chi connectivity index (χ2n) is 4.59. The Labute approximate surface area is 94.9 Å². The molecule has 16 heavy (non-hydrogen) atoms. The predicted octanol–water partition coefficient (Wildman–Crippen LogP) is 3.38. The van der Waals surface area contributed by atoms with Crippen LogP contribution in [0.4, 0.5) is 8.78 Å². The van der Waals surface area contributed by atoms with Crippen molar-refractivity contribution >= 4 is 0 Å². The van der Waals surface area contributed by atoms with Crippen LogP contribution in [0.3, 0.4) is 0 Å². The normalized spacial score (nSPS) is 26.7. The van der Waals surface area contributed by atoms with E-state index in [-0.39, 0.29) is 6.04 Å². The predicted molar refractivity (Wildman–Crippen MR) is 60.5 cm³/mol. The summed E-state index contributed by atoms with van der Waals surface area (Å²) in [5.74, 6) is -3.06. The molecular formula is C13H17F2N. The molecule has 1 N–H and O–H groups in total. The summed E-state index contributed by atoms with van der Waals surface area (Å²) in [4.78, 5) is 0. The first-order chi connectivity index (χ1) is 7.57. The molecule has 2 rings (SSSR count). The van der Waals surface area contributed by atoms with E-state index in [2.05, 4.69) is 5.32 Å². The van der Waals surface area contributed by atoms with Crippen LogP contribution in [0.5, 0.6) is 0 Å². The molecule has 0 saturated carbocycles. The summed E-state index contributed by atoms with van der Waals surface area (Å²) in [6, 6.07) is 9.90. The van der Waals surface area contributed by atoms with E-state index in [1.807, 2.05) is 30.3 Å². The molecule has 0 aromatic heterocycles. The summed E-state index contributed by atoms with van der Waals surface area (Å²) in [7, 11) is 0. The van der Waals surface area contributed by atoms with E-state index in [9.17, 15) is 8.78 Å². The molecule has 0 aliphatic carbocycles. The van der Waals surface area contributed by atoms with Gasteiger partial charge < -0.3 is 5.32 Å². The Morgan fingerprint density at radius 1 is 1.25 bits per heavy atom. The number of halogens is 2. The van der Waals surface area contributed by atoms with Gasteiger partial charge in [-0.1, -0.05) is 30.3 Å². The monoisotopic (exact) mass is 225 g/mol. The summed E-state index contributed by atoms with van der Waals surface area (Å²) in [6.07, 6.45) is 1.08. The third-order valence-corrected chi connectivity index (χ3v) is 3.32. The lowest BCUT2D eigenvalue weighted by Crippen LogP contribution is -2.38. The van der Waals surface area contributed by atoms with E-state index < -0.39 is 11.8 Å². The van der Waals surface area contributed by atoms with Crippen LogP contribution in [-0.2, 0) is 0 Å². The lowest BCUT2D eigenvalue weighted by molar-refractivity contribution is -0.0561. The van der Waals surface area contributed by atoms with Gasteiger partial charge in [0.25, 0.3) is 0 Å². The topological polar surface area (TPSA) is 12.0 Å². The molecule has 2 atom stereocenters. The molecule has 1 aromatic carbocycles. The summed E-state index contributed by atoms with van der Waals surface area (Å²) in [6.45, 7) is 1.71. The fourth-order valence-corrected chi connectivity index (χ4v) is 2.32. The molecular weight excluding hydrogens is 208 g/mol. The van der Waals surface area contributed by atoms with Crippen LogP contribution in [0.25, 0.3) is 0 Å². The van der Waals surface area contributed by atoms with Crippen molar-refractivity contribution in [3.05, 3.63) is 35.9 Å². The Kier molecular flexibility index (Phi) is 3.24. The molecule has 1 aliphatic rings. The van der Waals surface area contributed by atoms with Crippen molar-refractivity contribution < 1.29 is 8.78 Å². The number of hydrogen-bond acceptors (Lipinski definition) is 1. The third-order valence-electron chi connectivity index (χ3n) is 3.32. The lowest BCUT2D eigenvalue weighted by atomic mass is 9.85. The number of nitrogens with one attached hydrogen (secondary N) is 1. The molecule has 1 saturated heterocycles. The van der Waals surface area contributed by atoms with Crippen LogP contribution >= 0.6 is 0 Å². The molecule has 0 bridgehead atoms. The van der Waals surface area contributed by atoms with Gasteiger partial charge in [-0.2, -0.15) is 0 Å². The largest absolute Gasteiger partial charge is 0.310 e. The number of piperidine rings is 1. The number of hydrogen-bond donors (Lipinski definition) is 1. The highest BCUT2D eigenvalue weighted by molar-refractivity contribution is 5.19. The molecule has 0 spiro atoms. The zero-order chi connectivity index (χ0) is 11.6. The minimum atomic E-state index is -2.56. The molecule has 88 valence electrons. The first-order valence-corrected chi connectivity index (χ1v) is 5.73. The molecule has 1 aromatic rings. The van der Waals surface area contributed by atoms with Gasteiger partial charge in [-0.05, 0) is 31.9 Å². The van der Waals surface area contributed by atoms with E-state index >= 15 is 0 Å². The van der Waals surface area contributed by atoms with Gasteiger partial charge in [0.05, 0.1) is 0 Å². The second-order valence-corrected chi connectivity index (χ2v) is 4.59. The maximum absolute atomic E-state index is 13.3. The molecule has 1 fully saturated rings. The SMILES string of the molecule is CC(F)(F)[C@@H]1CCNC(c2ccccc2)C1. The van der Waals surface area contributed by atoms with Crippen molar-refractivity contribution in [3.63, 3.8) is 0 Å². The van der Waals surface area contributed by atoms with Gasteiger partial charge in [0.1, 0.15) is 0 Å². The van der Waals surface area contributed by atoms with Gasteiger partial charge in [-0.25, -0.2) is 8.78 Å². The Morgan fingerprint density at radius 3 is 2.56 bits per heavy atom. The molecule has 1 unspecified atom stereocenters. The van der Waals surface area contributed by atoms with Crippen LogP contribution in [0.2, 0.25) is 0 Å². The second kappa shape index (κ2) is 4.50. The van der Waals surface area contributed by atoms with Crippen LogP contribution in [0.1, 0.15) is 31.4 Å². The Bertz CT molecular complexity index is 332. The Hall–Kier alpha value is -0.960. The zero-order valence-electron chi connectivity index (χ0n) is 9.42. The third kappa shape index (κ3) is 2.59. The van der Waals surface area contributed by atoms with Gasteiger partial charge in [0, 0.05) is 12.0 Å². The standard InChI is InChI=1S/C13H17F2N/c1-13(14,15)11-7-8-16-12(9-11)10-5-3-2-4-6-10/h2-6,11-12,16H,7-9H2,1H3/t11-,12?/m1/s1. The van der Waals surface area contributed by atoms with Crippen molar-refractivity contribution in [3.8, 4) is 0 Å². The molecule has 1 aliphatic heterocycles. The number of alkyl halides is 2. The van der Waals surface area contributed by atoms with Gasteiger partial charge in [-0.3, -0.25) is 0 Å². The highest BCUT2D eigenvalue weighted by Gasteiger charge is 2.37. The van der Waals surface area contributed by atoms with E-state index in [0.29, 0.717) is 19.4 Å². The maximum Gasteiger partial charge on any atom is 0.248 e. The highest BCUT2D eigenvalue weighted by Crippen LogP contribution is 2.36. The first-order valence-electron chi connectivity index (χ1n) is 5.73. The van der Waals surface area contributed by atoms with E-state index in [1.165, 1.54) is 0 Å². The van der Waals surface area contributed by atoms with Crippen molar-refractivity contribution in [2.24, 2.45) is 5.92 Å². The molecule has 3 heteroatoms. The molecule has 1 heterocycles. The minimum absolute atomic E-state index is 0.0748. The van der Waals surface area contributed by atoms with E-state index in [4.69, 9.17) is 0 Å². The van der Waals surface area contributed by atoms with Crippen molar-refractivity contribution in [1.29, 1.82) is 0 Å². The van der Waals surface area contributed by atoms with Gasteiger partial charge in [0.15, 0.2) is 0 Å². The van der Waals surface area contributed by atoms with Gasteiger partial charge in [0.2, 0.25) is 5.92 Å². The number of rotatable bonds is 2. The van der Waals surface area contributed by atoms with Crippen LogP contribution in [0, 0.1) is 5.92 Å². The van der Waals surface area contributed by atoms with Crippen LogP contribution < -0.4 is 5.32 Å². The lowest BCUT2D eigenvalue weighted by Gasteiger charge is -2.33. The molecule has 0 amide bonds. The van der Waals surface area contributed by atoms with E-state index in [1.54, 1.807) is 0 Å². The summed E-state index contributed by atoms with van der Waals surface area (Å²) < 4.78 is 26.5. The Balaban J connectivity index is 2.08. The average Bonchev–Trinajstić information content (AvgIpc) is 2.29. The maximum atomic E-state index is 13.3. The minimum Gasteiger partial charge on any atom is -0.310 e. The van der Waals surface area contributed by atoms with Crippen LogP contribution in [-0.4, -0.2) is 12.5 Å². The quantitative estimate of drug-likeness (QED) is 0.813. The average molecular weight is 225 g/mol. The van der Waals surface area contributed by atoms with Crippen molar-refractivity contribution in [2.75, 3.05) is 6.54 Å². The zero-order valence-corrected chi connectivity index (χ0v) is 9.42. The molecule has 1 nitrogen and oxygen atoms in total. The van der Waals surface area contributed by atoms with Crippen molar-refractivity contribution in [1.82, 2.24) is 5.32 Å². The Morgan fingerprint density at radius 2 is 1.94 bits per heavy atom. The van der Waals surface area contributed by atoms with Gasteiger partial charge in [-0.15, -0.1) is 0 Å². The van der Waals surface area contributed by atoms with Crippen LogP contribution in [0.15, 0.2) is 30.3 Å². The van der Waals surface area contributed by atoms with Crippen molar-refractivity contribution in [2.45, 2.75) is 31.7 Å². The molecule has 0 radical (unpaired) electrons. The number of benzene rings is 1. The highest BCUT2D eigenvalue weighted by atomic mass is 19.3.